The first-order valence-electron chi connectivity index (χ1n) is 4.02. The van der Waals surface area contributed by atoms with Crippen molar-refractivity contribution in [3.8, 4) is 0 Å². The third kappa shape index (κ3) is 5.57. The van der Waals surface area contributed by atoms with Gasteiger partial charge in [-0.05, 0) is 0 Å². The van der Waals surface area contributed by atoms with Gasteiger partial charge in [-0.2, -0.15) is 0 Å². The molecule has 0 aliphatic rings. The van der Waals surface area contributed by atoms with E-state index >= 15 is 0 Å². The maximum Gasteiger partial charge on any atom is 0.305 e. The van der Waals surface area contributed by atoms with E-state index in [0.29, 0.717) is 6.42 Å². The van der Waals surface area contributed by atoms with Gasteiger partial charge in [0.05, 0.1) is 25.2 Å². The molecule has 78 valence electrons. The van der Waals surface area contributed by atoms with Crippen LogP contribution in [0.1, 0.15) is 12.8 Å². The van der Waals surface area contributed by atoms with Crippen molar-refractivity contribution >= 4 is 5.97 Å². The molecule has 0 aliphatic carbocycles. The van der Waals surface area contributed by atoms with Crippen molar-refractivity contribution in [2.24, 2.45) is 0 Å². The Bertz CT molecular complexity index is 143. The first-order chi connectivity index (χ1) is 6.13. The van der Waals surface area contributed by atoms with E-state index in [2.05, 4.69) is 0 Å². The number of methoxy groups -OCH3 is 2. The van der Waals surface area contributed by atoms with E-state index in [1.165, 1.54) is 14.2 Å². The molecule has 0 rings (SSSR count). The van der Waals surface area contributed by atoms with Gasteiger partial charge in [-0.1, -0.05) is 0 Å². The van der Waals surface area contributed by atoms with Gasteiger partial charge in [0.1, 0.15) is 0 Å². The second-order valence-corrected chi connectivity index (χ2v) is 2.73. The number of aliphatic carboxylic acids is 1. The Kier molecular flexibility index (Phi) is 6.48. The van der Waals surface area contributed by atoms with Crippen LogP contribution in [0.15, 0.2) is 0 Å². The molecule has 2 N–H and O–H groups in total. The largest absolute Gasteiger partial charge is 0.481 e. The average molecular weight is 192 g/mol. The number of aliphatic hydroxyl groups excluding tert-OH is 1. The highest BCUT2D eigenvalue weighted by atomic mass is 16.5. The molecule has 0 unspecified atom stereocenters. The van der Waals surface area contributed by atoms with Gasteiger partial charge in [0.15, 0.2) is 0 Å². The topological polar surface area (TPSA) is 76.0 Å². The van der Waals surface area contributed by atoms with E-state index < -0.39 is 12.1 Å². The SMILES string of the molecule is CO[C@H](CO)C[C@@H](CC(=O)O)OC. The summed E-state index contributed by atoms with van der Waals surface area (Å²) in [5, 5.41) is 17.3. The van der Waals surface area contributed by atoms with Crippen LogP contribution in [-0.2, 0) is 14.3 Å². The Hall–Kier alpha value is -0.650. The highest BCUT2D eigenvalue weighted by Gasteiger charge is 2.17. The quantitative estimate of drug-likeness (QED) is 0.587. The van der Waals surface area contributed by atoms with Crippen LogP contribution in [0, 0.1) is 0 Å². The highest BCUT2D eigenvalue weighted by molar-refractivity contribution is 5.67. The number of aliphatic hydroxyl groups is 1. The number of hydrogen-bond acceptors (Lipinski definition) is 4. The van der Waals surface area contributed by atoms with Crippen LogP contribution in [0.2, 0.25) is 0 Å². The minimum Gasteiger partial charge on any atom is -0.481 e. The first kappa shape index (κ1) is 12.3. The van der Waals surface area contributed by atoms with Gasteiger partial charge < -0.3 is 19.7 Å². The molecule has 0 fully saturated rings. The van der Waals surface area contributed by atoms with E-state index in [9.17, 15) is 4.79 Å². The maximum atomic E-state index is 10.3. The lowest BCUT2D eigenvalue weighted by Crippen LogP contribution is -2.26. The third-order valence-corrected chi connectivity index (χ3v) is 1.80. The molecule has 0 spiro atoms. The summed E-state index contributed by atoms with van der Waals surface area (Å²) in [6.07, 6.45) is -0.453. The van der Waals surface area contributed by atoms with Crippen molar-refractivity contribution < 1.29 is 24.5 Å². The lowest BCUT2D eigenvalue weighted by atomic mass is 10.1. The van der Waals surface area contributed by atoms with E-state index in [0.717, 1.165) is 0 Å². The number of rotatable bonds is 7. The van der Waals surface area contributed by atoms with Gasteiger partial charge in [-0.15, -0.1) is 0 Å². The normalized spacial score (nSPS) is 15.3. The van der Waals surface area contributed by atoms with Crippen molar-refractivity contribution in [3.05, 3.63) is 0 Å². The van der Waals surface area contributed by atoms with Gasteiger partial charge in [0.25, 0.3) is 0 Å². The van der Waals surface area contributed by atoms with Gasteiger partial charge in [-0.3, -0.25) is 4.79 Å². The molecule has 0 bridgehead atoms. The van der Waals surface area contributed by atoms with Crippen LogP contribution >= 0.6 is 0 Å². The number of carboxylic acids is 1. The van der Waals surface area contributed by atoms with Crippen molar-refractivity contribution in [1.29, 1.82) is 0 Å². The molecule has 0 saturated carbocycles. The van der Waals surface area contributed by atoms with E-state index in [1.807, 2.05) is 0 Å². The van der Waals surface area contributed by atoms with E-state index in [4.69, 9.17) is 19.7 Å². The molecular weight excluding hydrogens is 176 g/mol. The van der Waals surface area contributed by atoms with E-state index in [-0.39, 0.29) is 19.1 Å². The van der Waals surface area contributed by atoms with Gasteiger partial charge in [-0.25, -0.2) is 0 Å². The minimum atomic E-state index is -0.917. The molecule has 13 heavy (non-hydrogen) atoms. The molecule has 0 aliphatic heterocycles. The van der Waals surface area contributed by atoms with Crippen molar-refractivity contribution in [2.75, 3.05) is 20.8 Å². The molecule has 5 nitrogen and oxygen atoms in total. The van der Waals surface area contributed by atoms with Gasteiger partial charge in [0, 0.05) is 20.6 Å². The molecular formula is C8H16O5. The Morgan fingerprint density at radius 2 is 1.85 bits per heavy atom. The molecule has 0 saturated heterocycles. The van der Waals surface area contributed by atoms with Crippen molar-refractivity contribution in [1.82, 2.24) is 0 Å². The van der Waals surface area contributed by atoms with Crippen LogP contribution in [0.5, 0.6) is 0 Å². The summed E-state index contributed by atoms with van der Waals surface area (Å²) in [5.74, 6) is -0.917. The lowest BCUT2D eigenvalue weighted by Gasteiger charge is -2.18. The molecule has 2 atom stereocenters. The lowest BCUT2D eigenvalue weighted by molar-refractivity contribution is -0.140. The van der Waals surface area contributed by atoms with Gasteiger partial charge >= 0.3 is 5.97 Å². The second-order valence-electron chi connectivity index (χ2n) is 2.73. The number of carbonyl (C=O) groups is 1. The van der Waals surface area contributed by atoms with E-state index in [1.54, 1.807) is 0 Å². The Morgan fingerprint density at radius 3 is 2.15 bits per heavy atom. The second kappa shape index (κ2) is 6.82. The number of ether oxygens (including phenoxy) is 2. The molecule has 0 amide bonds. The monoisotopic (exact) mass is 192 g/mol. The maximum absolute atomic E-state index is 10.3. The standard InChI is InChI=1S/C8H16O5/c1-12-6(4-8(10)11)3-7(5-9)13-2/h6-7,9H,3-5H2,1-2H3,(H,10,11)/t6-,7-/m0/s1. The van der Waals surface area contributed by atoms with Gasteiger partial charge in [0.2, 0.25) is 0 Å². The zero-order valence-electron chi connectivity index (χ0n) is 7.90. The molecule has 0 aromatic rings. The fourth-order valence-corrected chi connectivity index (χ4v) is 0.996. The Balaban J connectivity index is 3.87. The zero-order valence-corrected chi connectivity index (χ0v) is 7.90. The Morgan fingerprint density at radius 1 is 1.31 bits per heavy atom. The smallest absolute Gasteiger partial charge is 0.305 e. The molecule has 0 radical (unpaired) electrons. The molecule has 5 heteroatoms. The van der Waals surface area contributed by atoms with Crippen LogP contribution in [-0.4, -0.2) is 49.2 Å². The summed E-state index contributed by atoms with van der Waals surface area (Å²) in [6, 6.07) is 0. The van der Waals surface area contributed by atoms with Crippen LogP contribution in [0.3, 0.4) is 0 Å². The number of carboxylic acid groups (broad SMARTS) is 1. The molecule has 0 aromatic heterocycles. The van der Waals surface area contributed by atoms with Crippen molar-refractivity contribution in [2.45, 2.75) is 25.0 Å². The highest BCUT2D eigenvalue weighted by Crippen LogP contribution is 2.08. The van der Waals surface area contributed by atoms with Crippen LogP contribution in [0.25, 0.3) is 0 Å². The fraction of sp³-hybridized carbons (Fsp3) is 0.875. The van der Waals surface area contributed by atoms with Crippen LogP contribution < -0.4 is 0 Å². The predicted octanol–water partition coefficient (Wildman–Crippen LogP) is -0.127. The summed E-state index contributed by atoms with van der Waals surface area (Å²) in [5.41, 5.74) is 0. The summed E-state index contributed by atoms with van der Waals surface area (Å²) >= 11 is 0. The summed E-state index contributed by atoms with van der Waals surface area (Å²) in [6.45, 7) is -0.129. The van der Waals surface area contributed by atoms with Crippen LogP contribution in [0.4, 0.5) is 0 Å². The Labute approximate surface area is 77.3 Å². The fourth-order valence-electron chi connectivity index (χ4n) is 0.996. The summed E-state index contributed by atoms with van der Waals surface area (Å²) in [7, 11) is 2.91. The third-order valence-electron chi connectivity index (χ3n) is 1.80. The van der Waals surface area contributed by atoms with Crippen molar-refractivity contribution in [3.63, 3.8) is 0 Å². The molecule has 0 heterocycles. The minimum absolute atomic E-state index is 0.0731. The molecule has 0 aromatic carbocycles. The zero-order chi connectivity index (χ0) is 10.3. The first-order valence-corrected chi connectivity index (χ1v) is 4.02. The summed E-state index contributed by atoms with van der Waals surface area (Å²) < 4.78 is 9.81. The summed E-state index contributed by atoms with van der Waals surface area (Å²) in [4.78, 5) is 10.3. The predicted molar refractivity (Wildman–Crippen MR) is 45.5 cm³/mol. The number of hydrogen-bond donors (Lipinski definition) is 2. The average Bonchev–Trinajstić information content (AvgIpc) is 2.11.